The third-order valence-electron chi connectivity index (χ3n) is 3.81. The Morgan fingerprint density at radius 3 is 2.30 bits per heavy atom. The maximum absolute atomic E-state index is 12.4. The maximum Gasteiger partial charge on any atom is 0.331 e. The second kappa shape index (κ2) is 8.03. The minimum Gasteiger partial charge on any atom is -0.467 e. The van der Waals surface area contributed by atoms with Crippen LogP contribution in [0.3, 0.4) is 0 Å². The van der Waals surface area contributed by atoms with Crippen LogP contribution in [0.15, 0.2) is 24.3 Å². The second-order valence-corrected chi connectivity index (χ2v) is 5.76. The lowest BCUT2D eigenvalue weighted by Crippen LogP contribution is -2.41. The minimum atomic E-state index is -0.388. The first-order valence-corrected chi connectivity index (χ1v) is 7.79. The molecular weight excluding hydrogens is 316 g/mol. The summed E-state index contributed by atoms with van der Waals surface area (Å²) in [7, 11) is 1.33. The molecule has 7 heteroatoms. The van der Waals surface area contributed by atoms with E-state index in [0.29, 0.717) is 36.5 Å². The summed E-state index contributed by atoms with van der Waals surface area (Å²) in [6, 6.07) is 6.97. The third-order valence-corrected chi connectivity index (χ3v) is 4.05. The fourth-order valence-corrected chi connectivity index (χ4v) is 2.57. The van der Waals surface area contributed by atoms with Gasteiger partial charge in [0.15, 0.2) is 0 Å². The molecule has 2 rings (SSSR count). The summed E-state index contributed by atoms with van der Waals surface area (Å²) in [6.45, 7) is 1.15. The molecule has 0 bridgehead atoms. The molecule has 0 aromatic heterocycles. The highest BCUT2D eigenvalue weighted by atomic mass is 32.1. The molecule has 1 aliphatic heterocycles. The van der Waals surface area contributed by atoms with Gasteiger partial charge in [0.05, 0.1) is 13.2 Å². The van der Waals surface area contributed by atoms with Crippen molar-refractivity contribution >= 4 is 29.1 Å². The van der Waals surface area contributed by atoms with E-state index in [1.165, 1.54) is 7.11 Å². The molecule has 1 amide bonds. The normalized spacial score (nSPS) is 15.3. The van der Waals surface area contributed by atoms with Gasteiger partial charge in [0, 0.05) is 24.2 Å². The molecule has 1 aromatic carbocycles. The molecular formula is C16H20N2O4S. The predicted octanol–water partition coefficient (Wildman–Crippen LogP) is 1.11. The molecule has 0 spiro atoms. The number of thiocarbonyl (C=S) groups is 1. The van der Waals surface area contributed by atoms with Crippen LogP contribution < -0.4 is 5.73 Å². The van der Waals surface area contributed by atoms with Crippen LogP contribution in [0.25, 0.3) is 0 Å². The number of carbonyl (C=O) groups excluding carboxylic acids is 2. The van der Waals surface area contributed by atoms with Gasteiger partial charge in [-0.25, -0.2) is 4.79 Å². The van der Waals surface area contributed by atoms with Crippen molar-refractivity contribution in [3.05, 3.63) is 35.4 Å². The number of hydrogen-bond acceptors (Lipinski definition) is 5. The second-order valence-electron chi connectivity index (χ2n) is 5.32. The average molecular weight is 336 g/mol. The Bertz CT molecular complexity index is 580. The van der Waals surface area contributed by atoms with E-state index in [9.17, 15) is 9.59 Å². The molecule has 0 radical (unpaired) electrons. The van der Waals surface area contributed by atoms with E-state index in [1.807, 2.05) is 0 Å². The number of methoxy groups -OCH3 is 1. The topological polar surface area (TPSA) is 81.9 Å². The van der Waals surface area contributed by atoms with Crippen molar-refractivity contribution in [2.75, 3.05) is 26.8 Å². The summed E-state index contributed by atoms with van der Waals surface area (Å²) >= 11 is 4.90. The van der Waals surface area contributed by atoms with Gasteiger partial charge >= 0.3 is 5.97 Å². The van der Waals surface area contributed by atoms with Crippen molar-refractivity contribution in [3.63, 3.8) is 0 Å². The average Bonchev–Trinajstić information content (AvgIpc) is 2.59. The highest BCUT2D eigenvalue weighted by Crippen LogP contribution is 2.17. The maximum atomic E-state index is 12.4. The van der Waals surface area contributed by atoms with Gasteiger partial charge in [-0.15, -0.1) is 0 Å². The van der Waals surface area contributed by atoms with E-state index in [2.05, 4.69) is 4.74 Å². The fraction of sp³-hybridized carbons (Fsp3) is 0.438. The molecule has 124 valence electrons. The van der Waals surface area contributed by atoms with Gasteiger partial charge in [-0.05, 0) is 25.0 Å². The summed E-state index contributed by atoms with van der Waals surface area (Å²) in [6.07, 6.45) is 1.39. The Morgan fingerprint density at radius 2 is 1.78 bits per heavy atom. The van der Waals surface area contributed by atoms with Crippen LogP contribution in [0.2, 0.25) is 0 Å². The highest BCUT2D eigenvalue weighted by molar-refractivity contribution is 7.80. The lowest BCUT2D eigenvalue weighted by molar-refractivity contribution is -0.148. The number of benzene rings is 1. The minimum absolute atomic E-state index is 0.0184. The summed E-state index contributed by atoms with van der Waals surface area (Å²) in [5, 5.41) is 0. The number of hydrogen-bond donors (Lipinski definition) is 1. The first-order valence-electron chi connectivity index (χ1n) is 7.39. The molecule has 0 aliphatic carbocycles. The van der Waals surface area contributed by atoms with E-state index in [4.69, 9.17) is 22.7 Å². The number of esters is 1. The zero-order chi connectivity index (χ0) is 16.8. The van der Waals surface area contributed by atoms with Crippen LogP contribution in [0, 0.1) is 0 Å². The van der Waals surface area contributed by atoms with Crippen LogP contribution in [0.4, 0.5) is 0 Å². The van der Waals surface area contributed by atoms with Gasteiger partial charge in [-0.2, -0.15) is 0 Å². The molecule has 0 saturated carbocycles. The van der Waals surface area contributed by atoms with Gasteiger partial charge in [0.25, 0.3) is 5.91 Å². The van der Waals surface area contributed by atoms with E-state index < -0.39 is 0 Å². The number of amides is 1. The SMILES string of the molecule is COC(=O)COC1CCN(C(=O)c2ccc(C(N)=S)cc2)CC1. The Labute approximate surface area is 140 Å². The van der Waals surface area contributed by atoms with Gasteiger partial charge in [-0.3, -0.25) is 4.79 Å². The molecule has 6 nitrogen and oxygen atoms in total. The van der Waals surface area contributed by atoms with Crippen LogP contribution in [-0.2, 0) is 14.3 Å². The summed E-state index contributed by atoms with van der Waals surface area (Å²) < 4.78 is 10.0. The quantitative estimate of drug-likeness (QED) is 0.641. The molecule has 23 heavy (non-hydrogen) atoms. The Balaban J connectivity index is 1.85. The fourth-order valence-electron chi connectivity index (χ4n) is 2.43. The van der Waals surface area contributed by atoms with Gasteiger partial charge in [0.1, 0.15) is 11.6 Å². The van der Waals surface area contributed by atoms with Gasteiger partial charge in [0.2, 0.25) is 0 Å². The lowest BCUT2D eigenvalue weighted by atomic mass is 10.1. The first kappa shape index (κ1) is 17.4. The number of rotatable bonds is 5. The predicted molar refractivity (Wildman–Crippen MR) is 89.2 cm³/mol. The Hall–Kier alpha value is -1.99. The zero-order valence-electron chi connectivity index (χ0n) is 13.0. The largest absolute Gasteiger partial charge is 0.467 e. The molecule has 0 atom stereocenters. The zero-order valence-corrected chi connectivity index (χ0v) is 13.8. The molecule has 1 aromatic rings. The van der Waals surface area contributed by atoms with E-state index in [-0.39, 0.29) is 24.6 Å². The van der Waals surface area contributed by atoms with Crippen molar-refractivity contribution < 1.29 is 19.1 Å². The molecule has 1 saturated heterocycles. The number of piperidine rings is 1. The van der Waals surface area contributed by atoms with E-state index in [0.717, 1.165) is 5.56 Å². The van der Waals surface area contributed by atoms with Gasteiger partial charge in [-0.1, -0.05) is 24.4 Å². The van der Waals surface area contributed by atoms with Gasteiger partial charge < -0.3 is 20.1 Å². The Kier molecular flexibility index (Phi) is 6.06. The number of nitrogens with two attached hydrogens (primary N) is 1. The molecule has 2 N–H and O–H groups in total. The lowest BCUT2D eigenvalue weighted by Gasteiger charge is -2.31. The van der Waals surface area contributed by atoms with Crippen molar-refractivity contribution in [1.82, 2.24) is 4.90 Å². The van der Waals surface area contributed by atoms with Crippen molar-refractivity contribution in [1.29, 1.82) is 0 Å². The molecule has 1 heterocycles. The smallest absolute Gasteiger partial charge is 0.331 e. The highest BCUT2D eigenvalue weighted by Gasteiger charge is 2.24. The van der Waals surface area contributed by atoms with Crippen molar-refractivity contribution in [3.8, 4) is 0 Å². The monoisotopic (exact) mass is 336 g/mol. The van der Waals surface area contributed by atoms with E-state index in [1.54, 1.807) is 29.2 Å². The number of nitrogens with zero attached hydrogens (tertiary/aromatic N) is 1. The molecule has 0 unspecified atom stereocenters. The van der Waals surface area contributed by atoms with Crippen LogP contribution in [0.1, 0.15) is 28.8 Å². The summed E-state index contributed by atoms with van der Waals surface area (Å²) in [4.78, 5) is 25.6. The van der Waals surface area contributed by atoms with Crippen LogP contribution >= 0.6 is 12.2 Å². The summed E-state index contributed by atoms with van der Waals surface area (Å²) in [5.41, 5.74) is 6.90. The third kappa shape index (κ3) is 4.74. The van der Waals surface area contributed by atoms with Crippen LogP contribution in [-0.4, -0.2) is 54.7 Å². The first-order chi connectivity index (χ1) is 11.0. The Morgan fingerprint density at radius 1 is 1.22 bits per heavy atom. The number of ether oxygens (including phenoxy) is 2. The molecule has 1 fully saturated rings. The number of carbonyl (C=O) groups is 2. The molecule has 1 aliphatic rings. The van der Waals surface area contributed by atoms with Crippen molar-refractivity contribution in [2.24, 2.45) is 5.73 Å². The summed E-state index contributed by atoms with van der Waals surface area (Å²) in [5.74, 6) is -0.410. The van der Waals surface area contributed by atoms with Crippen molar-refractivity contribution in [2.45, 2.75) is 18.9 Å². The number of likely N-dealkylation sites (tertiary alicyclic amines) is 1. The van der Waals surface area contributed by atoms with E-state index >= 15 is 0 Å². The standard InChI is InChI=1S/C16H20N2O4S/c1-21-14(19)10-22-13-6-8-18(9-7-13)16(20)12-4-2-11(3-5-12)15(17)23/h2-5,13H,6-10H2,1H3,(H2,17,23). The van der Waals surface area contributed by atoms with Crippen LogP contribution in [0.5, 0.6) is 0 Å².